The number of nitrogens with zero attached hydrogens (tertiary/aromatic N) is 3. The van der Waals surface area contributed by atoms with Crippen LogP contribution in [0.25, 0.3) is 21.2 Å². The fourth-order valence-electron chi connectivity index (χ4n) is 6.19. The number of fused-ring (bicyclic) bond motifs is 6. The van der Waals surface area contributed by atoms with E-state index >= 15 is 0 Å². The van der Waals surface area contributed by atoms with Crippen molar-refractivity contribution in [3.05, 3.63) is 97.9 Å². The van der Waals surface area contributed by atoms with Crippen LogP contribution in [0.4, 0.5) is 10.8 Å². The fourth-order valence-corrected chi connectivity index (χ4v) is 7.38. The van der Waals surface area contributed by atoms with Crippen molar-refractivity contribution in [1.29, 1.82) is 0 Å². The number of rotatable bonds is 2. The average Bonchev–Trinajstić information content (AvgIpc) is 3.51. The highest BCUT2D eigenvalue weighted by molar-refractivity contribution is 7.22. The number of aryl methyl sites for hydroxylation is 4. The van der Waals surface area contributed by atoms with Gasteiger partial charge in [-0.15, -0.1) is 0 Å². The van der Waals surface area contributed by atoms with E-state index < -0.39 is 11.4 Å². The highest BCUT2D eigenvalue weighted by Crippen LogP contribution is 2.54. The molecule has 8 heteroatoms. The molecule has 1 atom stereocenters. The Kier molecular flexibility index (Phi) is 4.80. The molecule has 0 saturated heterocycles. The molecule has 5 aromatic rings. The smallest absolute Gasteiger partial charge is 0.297 e. The van der Waals surface area contributed by atoms with Crippen LogP contribution in [0, 0.1) is 27.7 Å². The van der Waals surface area contributed by atoms with Gasteiger partial charge in [-0.2, -0.15) is 0 Å². The van der Waals surface area contributed by atoms with Crippen LogP contribution in [-0.2, 0) is 10.3 Å². The molecule has 2 aliphatic heterocycles. The molecule has 7 rings (SSSR count). The Balaban J connectivity index is 1.64. The minimum absolute atomic E-state index is 0.0591. The Hall–Kier alpha value is -4.30. The summed E-state index contributed by atoms with van der Waals surface area (Å²) in [6.07, 6.45) is 0. The Morgan fingerprint density at radius 2 is 1.69 bits per heavy atom. The minimum Gasteiger partial charge on any atom is -0.450 e. The number of hydrogen-bond donors (Lipinski definition) is 0. The monoisotopic (exact) mass is 535 g/mol. The number of para-hydroxylation sites is 1. The molecule has 0 bridgehead atoms. The molecule has 0 aliphatic carbocycles. The number of anilines is 2. The third-order valence-electron chi connectivity index (χ3n) is 8.07. The lowest BCUT2D eigenvalue weighted by Crippen LogP contribution is -2.53. The Morgan fingerprint density at radius 3 is 2.46 bits per heavy atom. The number of thiazole rings is 1. The molecule has 2 amide bonds. The van der Waals surface area contributed by atoms with Gasteiger partial charge in [0.05, 0.1) is 26.9 Å². The van der Waals surface area contributed by atoms with Gasteiger partial charge in [0.2, 0.25) is 5.76 Å². The number of benzene rings is 3. The highest BCUT2D eigenvalue weighted by Gasteiger charge is 2.66. The molecule has 0 saturated carbocycles. The van der Waals surface area contributed by atoms with Crippen molar-refractivity contribution in [2.24, 2.45) is 0 Å². The van der Waals surface area contributed by atoms with E-state index in [0.717, 1.165) is 32.5 Å². The summed E-state index contributed by atoms with van der Waals surface area (Å²) in [6.45, 7) is 10.1. The van der Waals surface area contributed by atoms with Crippen LogP contribution in [0.2, 0.25) is 0 Å². The summed E-state index contributed by atoms with van der Waals surface area (Å²) in [4.78, 5) is 51.3. The number of aromatic nitrogens is 1. The van der Waals surface area contributed by atoms with Crippen LogP contribution >= 0.6 is 11.3 Å². The van der Waals surface area contributed by atoms with Crippen molar-refractivity contribution in [3.63, 3.8) is 0 Å². The summed E-state index contributed by atoms with van der Waals surface area (Å²) in [6, 6.07) is 15.0. The van der Waals surface area contributed by atoms with E-state index in [1.165, 1.54) is 16.2 Å². The fraction of sp³-hybridized carbons (Fsp3) is 0.226. The molecule has 1 spiro atoms. The maximum atomic E-state index is 14.6. The summed E-state index contributed by atoms with van der Waals surface area (Å²) in [5, 5.41) is 0.703. The molecular formula is C31H25N3O4S. The second-order valence-corrected chi connectivity index (χ2v) is 11.4. The van der Waals surface area contributed by atoms with Gasteiger partial charge in [-0.1, -0.05) is 35.6 Å². The summed E-state index contributed by atoms with van der Waals surface area (Å²) in [5.74, 6) is -1.01. The van der Waals surface area contributed by atoms with E-state index in [1.807, 2.05) is 71.0 Å². The third-order valence-corrected chi connectivity index (χ3v) is 9.05. The number of hydrogen-bond acceptors (Lipinski definition) is 6. The number of amides is 2. The molecule has 7 nitrogen and oxygen atoms in total. The third kappa shape index (κ3) is 2.87. The molecule has 39 heavy (non-hydrogen) atoms. The normalized spacial score (nSPS) is 18.2. The lowest BCUT2D eigenvalue weighted by atomic mass is 9.84. The molecule has 0 radical (unpaired) electrons. The predicted octanol–water partition coefficient (Wildman–Crippen LogP) is 5.91. The van der Waals surface area contributed by atoms with Crippen LogP contribution in [0.1, 0.15) is 50.9 Å². The molecule has 0 N–H and O–H groups in total. The van der Waals surface area contributed by atoms with Gasteiger partial charge >= 0.3 is 0 Å². The average molecular weight is 536 g/mol. The van der Waals surface area contributed by atoms with Crippen molar-refractivity contribution >= 4 is 55.2 Å². The van der Waals surface area contributed by atoms with Gasteiger partial charge in [0.25, 0.3) is 11.8 Å². The zero-order valence-corrected chi connectivity index (χ0v) is 23.0. The highest BCUT2D eigenvalue weighted by atomic mass is 32.1. The summed E-state index contributed by atoms with van der Waals surface area (Å²) >= 11 is 1.34. The number of likely N-dealkylation sites (N-methyl/N-ethyl adjacent to an activating group) is 1. The Labute approximate surface area is 228 Å². The number of carbonyl (C=O) groups excluding carboxylic acids is 2. The molecule has 2 aliphatic rings. The zero-order chi connectivity index (χ0) is 27.4. The first-order chi connectivity index (χ1) is 18.7. The lowest BCUT2D eigenvalue weighted by Gasteiger charge is -2.32. The molecular weight excluding hydrogens is 510 g/mol. The molecule has 4 heterocycles. The lowest BCUT2D eigenvalue weighted by molar-refractivity contribution is -0.121. The summed E-state index contributed by atoms with van der Waals surface area (Å²) in [7, 11) is 0. The van der Waals surface area contributed by atoms with Crippen molar-refractivity contribution < 1.29 is 14.0 Å². The SMILES string of the molecule is CCN1C(=O)C2(c3ccccc31)c1c(oc3cc(C)c(C)cc3c1=O)C(=O)N2c1nc2c(C)cc(C)cc2s1. The van der Waals surface area contributed by atoms with E-state index in [0.29, 0.717) is 33.9 Å². The van der Waals surface area contributed by atoms with Gasteiger partial charge in [-0.25, -0.2) is 4.98 Å². The van der Waals surface area contributed by atoms with Crippen LogP contribution in [0.5, 0.6) is 0 Å². The Bertz CT molecular complexity index is 1990. The summed E-state index contributed by atoms with van der Waals surface area (Å²) < 4.78 is 7.14. The molecule has 2 aromatic heterocycles. The molecule has 0 fully saturated rings. The zero-order valence-electron chi connectivity index (χ0n) is 22.2. The second kappa shape index (κ2) is 7.86. The molecule has 194 valence electrons. The number of carbonyl (C=O) groups is 2. The van der Waals surface area contributed by atoms with Gasteiger partial charge in [-0.05, 0) is 81.1 Å². The second-order valence-electron chi connectivity index (χ2n) is 10.4. The van der Waals surface area contributed by atoms with Crippen molar-refractivity contribution in [3.8, 4) is 0 Å². The largest absolute Gasteiger partial charge is 0.450 e. The van der Waals surface area contributed by atoms with Crippen LogP contribution in [-0.4, -0.2) is 23.3 Å². The Morgan fingerprint density at radius 1 is 0.949 bits per heavy atom. The van der Waals surface area contributed by atoms with E-state index in [9.17, 15) is 14.4 Å². The first kappa shape index (κ1) is 23.8. The topological polar surface area (TPSA) is 83.7 Å². The molecule has 3 aromatic carbocycles. The van der Waals surface area contributed by atoms with E-state index in [-0.39, 0.29) is 22.7 Å². The van der Waals surface area contributed by atoms with Crippen LogP contribution < -0.4 is 15.2 Å². The van der Waals surface area contributed by atoms with Gasteiger partial charge < -0.3 is 9.32 Å². The van der Waals surface area contributed by atoms with Crippen LogP contribution in [0.15, 0.2) is 57.7 Å². The van der Waals surface area contributed by atoms with E-state index in [1.54, 1.807) is 17.0 Å². The molecule has 1 unspecified atom stereocenters. The predicted molar refractivity (Wildman–Crippen MR) is 153 cm³/mol. The van der Waals surface area contributed by atoms with Gasteiger partial charge in [-0.3, -0.25) is 19.3 Å². The van der Waals surface area contributed by atoms with Crippen molar-refractivity contribution in [1.82, 2.24) is 4.98 Å². The van der Waals surface area contributed by atoms with Crippen molar-refractivity contribution in [2.75, 3.05) is 16.3 Å². The summed E-state index contributed by atoms with van der Waals surface area (Å²) in [5.41, 5.74) is 4.23. The van der Waals surface area contributed by atoms with Crippen molar-refractivity contribution in [2.45, 2.75) is 40.2 Å². The minimum atomic E-state index is -1.72. The van der Waals surface area contributed by atoms with Gasteiger partial charge in [0.15, 0.2) is 16.1 Å². The van der Waals surface area contributed by atoms with E-state index in [2.05, 4.69) is 0 Å². The quantitative estimate of drug-likeness (QED) is 0.281. The van der Waals surface area contributed by atoms with Crippen LogP contribution in [0.3, 0.4) is 0 Å². The first-order valence-electron chi connectivity index (χ1n) is 12.9. The maximum absolute atomic E-state index is 14.6. The standard InChI is InChI=1S/C31H25N3O4S/c1-6-33-21-10-8-7-9-20(21)31(29(33)37)24-26(35)19-13-16(3)17(4)14-22(19)38-27(24)28(36)34(31)30-32-25-18(5)11-15(2)12-23(25)39-30/h7-14H,6H2,1-5H3. The van der Waals surface area contributed by atoms with E-state index in [4.69, 9.17) is 9.40 Å². The maximum Gasteiger partial charge on any atom is 0.297 e. The van der Waals surface area contributed by atoms with Gasteiger partial charge in [0, 0.05) is 12.1 Å². The van der Waals surface area contributed by atoms with Gasteiger partial charge in [0.1, 0.15) is 5.58 Å². The first-order valence-corrected chi connectivity index (χ1v) is 13.7.